The Morgan fingerprint density at radius 1 is 1.03 bits per heavy atom. The molecule has 182 valence electrons. The largest absolute Gasteiger partial charge is 0.497 e. The van der Waals surface area contributed by atoms with Crippen LogP contribution in [0.15, 0.2) is 66.9 Å². The van der Waals surface area contributed by atoms with Crippen molar-refractivity contribution in [2.45, 2.75) is 19.9 Å². The van der Waals surface area contributed by atoms with Gasteiger partial charge in [-0.15, -0.1) is 0 Å². The molecule has 0 aliphatic carbocycles. The van der Waals surface area contributed by atoms with Crippen LogP contribution < -0.4 is 20.1 Å². The smallest absolute Gasteiger partial charge is 0.258 e. The van der Waals surface area contributed by atoms with Crippen LogP contribution in [0.4, 0.5) is 11.5 Å². The maximum Gasteiger partial charge on any atom is 0.258 e. The zero-order chi connectivity index (χ0) is 25.1. The number of nitrogens with one attached hydrogen (secondary N) is 3. The number of benzene rings is 3. The number of aromatic amines is 1. The van der Waals surface area contributed by atoms with Crippen LogP contribution in [0, 0.1) is 0 Å². The van der Waals surface area contributed by atoms with Crippen molar-refractivity contribution in [2.24, 2.45) is 0 Å². The molecule has 2 heterocycles. The first kappa shape index (κ1) is 23.1. The Balaban J connectivity index is 1.50. The van der Waals surface area contributed by atoms with Gasteiger partial charge in [-0.05, 0) is 62.4 Å². The summed E-state index contributed by atoms with van der Waals surface area (Å²) in [5.41, 5.74) is 3.35. The lowest BCUT2D eigenvalue weighted by molar-refractivity contribution is -0.123. The summed E-state index contributed by atoms with van der Waals surface area (Å²) in [6.07, 6.45) is 1.78. The summed E-state index contributed by atoms with van der Waals surface area (Å²) in [6.45, 7) is 3.75. The van der Waals surface area contributed by atoms with Gasteiger partial charge in [0.1, 0.15) is 17.3 Å². The van der Waals surface area contributed by atoms with Crippen molar-refractivity contribution in [3.05, 3.63) is 66.9 Å². The van der Waals surface area contributed by atoms with Crippen LogP contribution in [-0.4, -0.2) is 45.8 Å². The molecule has 0 saturated carbocycles. The van der Waals surface area contributed by atoms with Crippen LogP contribution in [-0.2, 0) is 4.79 Å². The minimum atomic E-state index is -0.174. The zero-order valence-corrected chi connectivity index (χ0v) is 20.2. The third-order valence-corrected chi connectivity index (χ3v) is 5.52. The molecule has 36 heavy (non-hydrogen) atoms. The fraction of sp³-hybridized carbons (Fsp3) is 0.185. The lowest BCUT2D eigenvalue weighted by atomic mass is 10.1. The Kier molecular flexibility index (Phi) is 6.36. The maximum atomic E-state index is 12.0. The van der Waals surface area contributed by atoms with E-state index >= 15 is 0 Å². The van der Waals surface area contributed by atoms with Gasteiger partial charge >= 0.3 is 0 Å². The molecule has 5 aromatic rings. The average Bonchev–Trinajstić information content (AvgIpc) is 3.35. The normalized spacial score (nSPS) is 11.1. The van der Waals surface area contributed by atoms with Gasteiger partial charge in [-0.3, -0.25) is 9.89 Å². The summed E-state index contributed by atoms with van der Waals surface area (Å²) < 4.78 is 11.1. The SMILES string of the molecule is COc1ccc2nc(-c3cccc(OCC(=O)NC(C)C)c3)nc(Nc3ccc4[nH]ncc4c3)c2c1. The fourth-order valence-electron chi connectivity index (χ4n) is 3.85. The van der Waals surface area contributed by atoms with Crippen LogP contribution >= 0.6 is 0 Å². The summed E-state index contributed by atoms with van der Waals surface area (Å²) in [4.78, 5) is 21.6. The summed E-state index contributed by atoms with van der Waals surface area (Å²) in [5, 5.41) is 15.1. The highest BCUT2D eigenvalue weighted by Crippen LogP contribution is 2.31. The number of aromatic nitrogens is 4. The number of carbonyl (C=O) groups excluding carboxylic acids is 1. The third kappa shape index (κ3) is 5.05. The van der Waals surface area contributed by atoms with Gasteiger partial charge in [0.2, 0.25) is 0 Å². The predicted octanol–water partition coefficient (Wildman–Crippen LogP) is 4.83. The summed E-state index contributed by atoms with van der Waals surface area (Å²) >= 11 is 0. The number of H-pyrrole nitrogens is 1. The van der Waals surface area contributed by atoms with E-state index in [0.29, 0.717) is 23.1 Å². The molecule has 0 aliphatic heterocycles. The number of methoxy groups -OCH3 is 1. The first-order valence-electron chi connectivity index (χ1n) is 11.6. The number of amides is 1. The molecule has 0 saturated heterocycles. The van der Waals surface area contributed by atoms with Gasteiger partial charge < -0.3 is 20.1 Å². The fourth-order valence-corrected chi connectivity index (χ4v) is 3.85. The van der Waals surface area contributed by atoms with Crippen LogP contribution in [0.2, 0.25) is 0 Å². The lowest BCUT2D eigenvalue weighted by Crippen LogP contribution is -2.34. The van der Waals surface area contributed by atoms with Crippen molar-refractivity contribution in [3.8, 4) is 22.9 Å². The van der Waals surface area contributed by atoms with Crippen molar-refractivity contribution in [1.29, 1.82) is 0 Å². The molecule has 0 fully saturated rings. The number of rotatable bonds is 8. The Hall–Kier alpha value is -4.66. The molecule has 9 nitrogen and oxygen atoms in total. The highest BCUT2D eigenvalue weighted by Gasteiger charge is 2.13. The van der Waals surface area contributed by atoms with E-state index in [1.54, 1.807) is 19.4 Å². The van der Waals surface area contributed by atoms with Crippen LogP contribution in [0.3, 0.4) is 0 Å². The van der Waals surface area contributed by atoms with Crippen molar-refractivity contribution < 1.29 is 14.3 Å². The topological polar surface area (TPSA) is 114 Å². The molecule has 5 rings (SSSR count). The molecular formula is C27H26N6O3. The molecular weight excluding hydrogens is 456 g/mol. The van der Waals surface area contributed by atoms with E-state index in [4.69, 9.17) is 19.4 Å². The monoisotopic (exact) mass is 482 g/mol. The number of hydrogen-bond acceptors (Lipinski definition) is 7. The molecule has 3 N–H and O–H groups in total. The van der Waals surface area contributed by atoms with E-state index in [2.05, 4.69) is 20.8 Å². The Morgan fingerprint density at radius 2 is 1.92 bits per heavy atom. The summed E-state index contributed by atoms with van der Waals surface area (Å²) in [5.74, 6) is 2.26. The van der Waals surface area contributed by atoms with Crippen LogP contribution in [0.25, 0.3) is 33.2 Å². The third-order valence-electron chi connectivity index (χ3n) is 5.52. The number of ether oxygens (including phenoxy) is 2. The minimum Gasteiger partial charge on any atom is -0.497 e. The van der Waals surface area contributed by atoms with E-state index in [1.165, 1.54) is 0 Å². The Labute approximate surface area is 207 Å². The summed E-state index contributed by atoms with van der Waals surface area (Å²) in [6, 6.07) is 19.1. The number of anilines is 2. The van der Waals surface area contributed by atoms with Gasteiger partial charge in [0, 0.05) is 28.1 Å². The Morgan fingerprint density at radius 3 is 2.75 bits per heavy atom. The average molecular weight is 483 g/mol. The van der Waals surface area contributed by atoms with Crippen molar-refractivity contribution >= 4 is 39.2 Å². The molecule has 0 radical (unpaired) electrons. The van der Waals surface area contributed by atoms with E-state index in [9.17, 15) is 4.79 Å². The Bertz CT molecular complexity index is 1550. The highest BCUT2D eigenvalue weighted by molar-refractivity contribution is 5.94. The van der Waals surface area contributed by atoms with Gasteiger partial charge in [0.25, 0.3) is 5.91 Å². The minimum absolute atomic E-state index is 0.0530. The van der Waals surface area contributed by atoms with Crippen molar-refractivity contribution in [1.82, 2.24) is 25.5 Å². The molecule has 1 amide bonds. The second-order valence-electron chi connectivity index (χ2n) is 8.61. The van der Waals surface area contributed by atoms with E-state index in [-0.39, 0.29) is 18.6 Å². The number of carbonyl (C=O) groups is 1. The van der Waals surface area contributed by atoms with Gasteiger partial charge in [0.15, 0.2) is 12.4 Å². The molecule has 0 unspecified atom stereocenters. The van der Waals surface area contributed by atoms with Crippen molar-refractivity contribution in [2.75, 3.05) is 19.0 Å². The maximum absolute atomic E-state index is 12.0. The molecule has 2 aromatic heterocycles. The quantitative estimate of drug-likeness (QED) is 0.290. The first-order valence-corrected chi connectivity index (χ1v) is 11.6. The number of fused-ring (bicyclic) bond motifs is 2. The molecule has 0 bridgehead atoms. The molecule has 3 aromatic carbocycles. The molecule has 0 aliphatic rings. The van der Waals surface area contributed by atoms with E-state index in [1.807, 2.05) is 68.4 Å². The molecule has 0 spiro atoms. The number of hydrogen-bond donors (Lipinski definition) is 3. The van der Waals surface area contributed by atoms with E-state index < -0.39 is 0 Å². The van der Waals surface area contributed by atoms with Gasteiger partial charge in [0.05, 0.1) is 24.3 Å². The number of nitrogens with zero attached hydrogens (tertiary/aromatic N) is 3. The second-order valence-corrected chi connectivity index (χ2v) is 8.61. The second kappa shape index (κ2) is 9.91. The first-order chi connectivity index (χ1) is 17.5. The standard InChI is InChI=1S/C27H26N6O3/c1-16(2)29-25(34)15-36-21-6-4-5-17(12-21)26-31-24-10-8-20(35-3)13-22(24)27(32-26)30-19-7-9-23-18(11-19)14-28-33-23/h4-14,16H,15H2,1-3H3,(H,28,33)(H,29,34)(H,30,31,32). The predicted molar refractivity (Wildman–Crippen MR) is 140 cm³/mol. The van der Waals surface area contributed by atoms with Crippen LogP contribution in [0.1, 0.15) is 13.8 Å². The molecule has 0 atom stereocenters. The van der Waals surface area contributed by atoms with Gasteiger partial charge in [-0.1, -0.05) is 12.1 Å². The van der Waals surface area contributed by atoms with Crippen molar-refractivity contribution in [3.63, 3.8) is 0 Å². The van der Waals surface area contributed by atoms with E-state index in [0.717, 1.165) is 33.1 Å². The zero-order valence-electron chi connectivity index (χ0n) is 20.2. The highest BCUT2D eigenvalue weighted by atomic mass is 16.5. The molecule has 9 heteroatoms. The lowest BCUT2D eigenvalue weighted by Gasteiger charge is -2.13. The van der Waals surface area contributed by atoms with Crippen LogP contribution in [0.5, 0.6) is 11.5 Å². The summed E-state index contributed by atoms with van der Waals surface area (Å²) in [7, 11) is 1.63. The van der Waals surface area contributed by atoms with Gasteiger partial charge in [-0.2, -0.15) is 5.10 Å². The van der Waals surface area contributed by atoms with Gasteiger partial charge in [-0.25, -0.2) is 9.97 Å².